The fourth-order valence-corrected chi connectivity index (χ4v) is 2.26. The Hall–Kier alpha value is -2.50. The lowest BCUT2D eigenvalue weighted by atomic mass is 10.1. The molecule has 0 amide bonds. The number of fused-ring (bicyclic) bond motifs is 1. The quantitative estimate of drug-likeness (QED) is 0.773. The highest BCUT2D eigenvalue weighted by molar-refractivity contribution is 5.40. The van der Waals surface area contributed by atoms with Gasteiger partial charge in [-0.1, -0.05) is 24.3 Å². The van der Waals surface area contributed by atoms with Crippen molar-refractivity contribution in [3.8, 4) is 0 Å². The summed E-state index contributed by atoms with van der Waals surface area (Å²) in [5, 5.41) is 0. The Morgan fingerprint density at radius 2 is 1.86 bits per heavy atom. The SMILES string of the molecule is O=c1cccc2[nH]c(Cc3cccc(C(F)(F)F)c3)cn12. The molecule has 0 saturated carbocycles. The van der Waals surface area contributed by atoms with E-state index in [1.165, 1.54) is 16.5 Å². The van der Waals surface area contributed by atoms with Crippen molar-refractivity contribution in [3.05, 3.63) is 75.8 Å². The molecule has 21 heavy (non-hydrogen) atoms. The highest BCUT2D eigenvalue weighted by Crippen LogP contribution is 2.29. The molecule has 2 heterocycles. The molecule has 0 radical (unpaired) electrons. The van der Waals surface area contributed by atoms with Crippen LogP contribution in [0.4, 0.5) is 13.2 Å². The minimum absolute atomic E-state index is 0.181. The van der Waals surface area contributed by atoms with Crippen LogP contribution in [0.1, 0.15) is 16.8 Å². The Labute approximate surface area is 117 Å². The smallest absolute Gasteiger partial charge is 0.343 e. The van der Waals surface area contributed by atoms with Crippen molar-refractivity contribution in [2.45, 2.75) is 12.6 Å². The van der Waals surface area contributed by atoms with E-state index in [1.807, 2.05) is 0 Å². The average Bonchev–Trinajstić information content (AvgIpc) is 2.82. The van der Waals surface area contributed by atoms with Crippen LogP contribution < -0.4 is 5.56 Å². The number of hydrogen-bond donors (Lipinski definition) is 1. The van der Waals surface area contributed by atoms with Gasteiger partial charge in [-0.25, -0.2) is 0 Å². The van der Waals surface area contributed by atoms with Gasteiger partial charge >= 0.3 is 6.18 Å². The Morgan fingerprint density at radius 3 is 2.57 bits per heavy atom. The highest BCUT2D eigenvalue weighted by atomic mass is 19.4. The van der Waals surface area contributed by atoms with Gasteiger partial charge in [0.1, 0.15) is 5.65 Å². The predicted octanol–water partition coefficient (Wildman–Crippen LogP) is 3.24. The van der Waals surface area contributed by atoms with E-state index < -0.39 is 11.7 Å². The van der Waals surface area contributed by atoms with Crippen LogP contribution in [-0.4, -0.2) is 9.38 Å². The van der Waals surface area contributed by atoms with Crippen molar-refractivity contribution in [1.82, 2.24) is 9.38 Å². The second-order valence-electron chi connectivity index (χ2n) is 4.77. The van der Waals surface area contributed by atoms with Crippen LogP contribution in [0.3, 0.4) is 0 Å². The Bertz CT molecular complexity index is 846. The third-order valence-electron chi connectivity index (χ3n) is 3.21. The Kier molecular flexibility index (Phi) is 3.08. The molecule has 1 aromatic carbocycles. The number of pyridine rings is 1. The highest BCUT2D eigenvalue weighted by Gasteiger charge is 2.30. The van der Waals surface area contributed by atoms with E-state index in [1.54, 1.807) is 24.4 Å². The van der Waals surface area contributed by atoms with Gasteiger partial charge in [0.05, 0.1) is 5.56 Å². The minimum Gasteiger partial charge on any atom is -0.343 e. The molecule has 2 aromatic heterocycles. The summed E-state index contributed by atoms with van der Waals surface area (Å²) < 4.78 is 39.5. The first-order chi connectivity index (χ1) is 9.93. The van der Waals surface area contributed by atoms with Gasteiger partial charge in [-0.05, 0) is 17.7 Å². The first-order valence-corrected chi connectivity index (χ1v) is 6.29. The third kappa shape index (κ3) is 2.69. The van der Waals surface area contributed by atoms with Crippen LogP contribution >= 0.6 is 0 Å². The Morgan fingerprint density at radius 1 is 1.10 bits per heavy atom. The van der Waals surface area contributed by atoms with Crippen molar-refractivity contribution in [2.24, 2.45) is 0 Å². The van der Waals surface area contributed by atoms with E-state index >= 15 is 0 Å². The molecule has 0 fully saturated rings. The molecule has 108 valence electrons. The van der Waals surface area contributed by atoms with Gasteiger partial charge in [0.2, 0.25) is 0 Å². The van der Waals surface area contributed by atoms with E-state index in [-0.39, 0.29) is 5.56 Å². The molecule has 3 nitrogen and oxygen atoms in total. The molecule has 0 saturated heterocycles. The number of alkyl halides is 3. The van der Waals surface area contributed by atoms with Gasteiger partial charge in [0.15, 0.2) is 0 Å². The third-order valence-corrected chi connectivity index (χ3v) is 3.21. The number of benzene rings is 1. The van der Waals surface area contributed by atoms with Gasteiger partial charge in [-0.2, -0.15) is 13.2 Å². The molecular formula is C15H11F3N2O. The standard InChI is InChI=1S/C15H11F3N2O/c16-15(17,18)11-4-1-3-10(7-11)8-12-9-20-13(19-12)5-2-6-14(20)21/h1-7,9,19H,8H2. The Balaban J connectivity index is 1.95. The van der Waals surface area contributed by atoms with Crippen LogP contribution in [0.15, 0.2) is 53.5 Å². The summed E-state index contributed by atoms with van der Waals surface area (Å²) in [5.41, 5.74) is 0.971. The number of imidazole rings is 1. The zero-order valence-corrected chi connectivity index (χ0v) is 10.8. The zero-order valence-electron chi connectivity index (χ0n) is 10.8. The van der Waals surface area contributed by atoms with Gasteiger partial charge < -0.3 is 4.98 Å². The van der Waals surface area contributed by atoms with Crippen molar-refractivity contribution in [2.75, 3.05) is 0 Å². The van der Waals surface area contributed by atoms with Crippen LogP contribution in [0.2, 0.25) is 0 Å². The number of halogens is 3. The number of aromatic nitrogens is 2. The van der Waals surface area contributed by atoms with E-state index in [2.05, 4.69) is 4.98 Å². The van der Waals surface area contributed by atoms with Crippen LogP contribution in [-0.2, 0) is 12.6 Å². The molecule has 0 aliphatic rings. The molecular weight excluding hydrogens is 281 g/mol. The van der Waals surface area contributed by atoms with Crippen molar-refractivity contribution in [3.63, 3.8) is 0 Å². The molecule has 0 aliphatic heterocycles. The first-order valence-electron chi connectivity index (χ1n) is 6.29. The molecule has 3 aromatic rings. The lowest BCUT2D eigenvalue weighted by Crippen LogP contribution is -2.08. The van der Waals surface area contributed by atoms with Crippen molar-refractivity contribution < 1.29 is 13.2 Å². The summed E-state index contributed by atoms with van der Waals surface area (Å²) in [4.78, 5) is 14.6. The summed E-state index contributed by atoms with van der Waals surface area (Å²) in [5.74, 6) is 0. The topological polar surface area (TPSA) is 37.3 Å². The fraction of sp³-hybridized carbons (Fsp3) is 0.133. The lowest BCUT2D eigenvalue weighted by Gasteiger charge is -2.08. The summed E-state index contributed by atoms with van der Waals surface area (Å²) in [7, 11) is 0. The maximum atomic E-state index is 12.7. The van der Waals surface area contributed by atoms with E-state index in [4.69, 9.17) is 0 Å². The number of aromatic amines is 1. The minimum atomic E-state index is -4.35. The monoisotopic (exact) mass is 292 g/mol. The first kappa shape index (κ1) is 13.5. The maximum absolute atomic E-state index is 12.7. The molecule has 0 atom stereocenters. The summed E-state index contributed by atoms with van der Waals surface area (Å²) >= 11 is 0. The van der Waals surface area contributed by atoms with E-state index in [0.717, 1.165) is 12.1 Å². The number of rotatable bonds is 2. The van der Waals surface area contributed by atoms with Gasteiger partial charge in [0, 0.05) is 24.4 Å². The van der Waals surface area contributed by atoms with Crippen LogP contribution in [0.25, 0.3) is 5.65 Å². The van der Waals surface area contributed by atoms with Crippen molar-refractivity contribution in [1.29, 1.82) is 0 Å². The molecule has 1 N–H and O–H groups in total. The molecule has 3 rings (SSSR count). The lowest BCUT2D eigenvalue weighted by molar-refractivity contribution is -0.137. The largest absolute Gasteiger partial charge is 0.416 e. The maximum Gasteiger partial charge on any atom is 0.416 e. The van der Waals surface area contributed by atoms with E-state index in [0.29, 0.717) is 23.3 Å². The molecule has 0 aliphatic carbocycles. The summed E-state index contributed by atoms with van der Waals surface area (Å²) in [6.07, 6.45) is -2.45. The predicted molar refractivity (Wildman–Crippen MR) is 72.3 cm³/mol. The number of nitrogens with zero attached hydrogens (tertiary/aromatic N) is 1. The zero-order chi connectivity index (χ0) is 15.0. The van der Waals surface area contributed by atoms with Crippen LogP contribution in [0.5, 0.6) is 0 Å². The van der Waals surface area contributed by atoms with Gasteiger partial charge in [-0.3, -0.25) is 9.20 Å². The molecule has 0 bridgehead atoms. The van der Waals surface area contributed by atoms with Gasteiger partial charge in [-0.15, -0.1) is 0 Å². The summed E-state index contributed by atoms with van der Waals surface area (Å²) in [6, 6.07) is 9.96. The number of hydrogen-bond acceptors (Lipinski definition) is 1. The second-order valence-corrected chi connectivity index (χ2v) is 4.77. The second kappa shape index (κ2) is 4.80. The molecule has 6 heteroatoms. The van der Waals surface area contributed by atoms with Crippen molar-refractivity contribution >= 4 is 5.65 Å². The number of nitrogens with one attached hydrogen (secondary N) is 1. The average molecular weight is 292 g/mol. The number of H-pyrrole nitrogens is 1. The van der Waals surface area contributed by atoms with Crippen LogP contribution in [0, 0.1) is 0 Å². The van der Waals surface area contributed by atoms with E-state index in [9.17, 15) is 18.0 Å². The van der Waals surface area contributed by atoms with Gasteiger partial charge in [0.25, 0.3) is 5.56 Å². The normalized spacial score (nSPS) is 12.0. The molecule has 0 unspecified atom stereocenters. The molecule has 0 spiro atoms. The fourth-order valence-electron chi connectivity index (χ4n) is 2.26. The summed E-state index contributed by atoms with van der Waals surface area (Å²) in [6.45, 7) is 0.